The Labute approximate surface area is 114 Å². The minimum atomic E-state index is -0.640. The zero-order valence-corrected chi connectivity index (χ0v) is 12.0. The van der Waals surface area contributed by atoms with E-state index in [-0.39, 0.29) is 11.9 Å². The smallest absolute Gasteiger partial charge is 0.239 e. The molecule has 19 heavy (non-hydrogen) atoms. The Morgan fingerprint density at radius 3 is 2.79 bits per heavy atom. The van der Waals surface area contributed by atoms with E-state index in [0.717, 1.165) is 25.1 Å². The van der Waals surface area contributed by atoms with Crippen molar-refractivity contribution in [1.82, 2.24) is 14.9 Å². The number of aromatic nitrogens is 2. The SMILES string of the molecule is CCc1nccn1CC(NC(C)C)(C(N)=O)C1CC1. The monoisotopic (exact) mass is 264 g/mol. The molecule has 0 aliphatic heterocycles. The number of nitrogens with one attached hydrogen (secondary N) is 1. The summed E-state index contributed by atoms with van der Waals surface area (Å²) in [5, 5.41) is 3.42. The van der Waals surface area contributed by atoms with E-state index in [1.165, 1.54) is 0 Å². The minimum Gasteiger partial charge on any atom is -0.368 e. The summed E-state index contributed by atoms with van der Waals surface area (Å²) in [6.07, 6.45) is 6.71. The van der Waals surface area contributed by atoms with Crippen molar-refractivity contribution in [3.63, 3.8) is 0 Å². The fourth-order valence-electron chi connectivity index (χ4n) is 2.80. The Kier molecular flexibility index (Phi) is 3.94. The van der Waals surface area contributed by atoms with Crippen molar-refractivity contribution in [2.75, 3.05) is 0 Å². The van der Waals surface area contributed by atoms with Crippen molar-refractivity contribution in [2.45, 2.75) is 58.2 Å². The summed E-state index contributed by atoms with van der Waals surface area (Å²) in [6, 6.07) is 0.224. The second-order valence-corrected chi connectivity index (χ2v) is 5.73. The quantitative estimate of drug-likeness (QED) is 0.774. The molecule has 3 N–H and O–H groups in total. The van der Waals surface area contributed by atoms with Gasteiger partial charge in [0.25, 0.3) is 0 Å². The van der Waals surface area contributed by atoms with Crippen LogP contribution in [0.3, 0.4) is 0 Å². The standard InChI is InChI=1S/C14H24N4O/c1-4-12-16-7-8-18(12)9-14(13(15)19,11-5-6-11)17-10(2)3/h7-8,10-11,17H,4-6,9H2,1-3H3,(H2,15,19). The Hall–Kier alpha value is -1.36. The molecular weight excluding hydrogens is 240 g/mol. The van der Waals surface area contributed by atoms with Crippen molar-refractivity contribution in [3.05, 3.63) is 18.2 Å². The first-order valence-corrected chi connectivity index (χ1v) is 7.07. The third-order valence-corrected chi connectivity index (χ3v) is 3.80. The highest BCUT2D eigenvalue weighted by Gasteiger charge is 2.50. The van der Waals surface area contributed by atoms with Gasteiger partial charge in [0.1, 0.15) is 11.4 Å². The molecule has 2 rings (SSSR count). The highest BCUT2D eigenvalue weighted by molar-refractivity contribution is 5.85. The number of amides is 1. The maximum absolute atomic E-state index is 12.1. The number of nitrogens with zero attached hydrogens (tertiary/aromatic N) is 2. The average molecular weight is 264 g/mol. The molecule has 1 fully saturated rings. The van der Waals surface area contributed by atoms with Gasteiger partial charge in [-0.05, 0) is 32.6 Å². The third-order valence-electron chi connectivity index (χ3n) is 3.80. The van der Waals surface area contributed by atoms with E-state index >= 15 is 0 Å². The maximum atomic E-state index is 12.1. The number of imidazole rings is 1. The van der Waals surface area contributed by atoms with Crippen LogP contribution in [0.1, 0.15) is 39.4 Å². The molecule has 5 nitrogen and oxygen atoms in total. The first-order chi connectivity index (χ1) is 8.99. The van der Waals surface area contributed by atoms with Crippen LogP contribution < -0.4 is 11.1 Å². The fraction of sp³-hybridized carbons (Fsp3) is 0.714. The van der Waals surface area contributed by atoms with Crippen LogP contribution in [0.4, 0.5) is 0 Å². The van der Waals surface area contributed by atoms with Crippen molar-refractivity contribution >= 4 is 5.91 Å². The highest BCUT2D eigenvalue weighted by atomic mass is 16.1. The van der Waals surface area contributed by atoms with E-state index in [9.17, 15) is 4.79 Å². The summed E-state index contributed by atoms with van der Waals surface area (Å²) in [4.78, 5) is 16.4. The van der Waals surface area contributed by atoms with E-state index in [4.69, 9.17) is 5.73 Å². The molecule has 1 saturated carbocycles. The van der Waals surface area contributed by atoms with Gasteiger partial charge < -0.3 is 10.3 Å². The molecule has 1 atom stereocenters. The van der Waals surface area contributed by atoms with Gasteiger partial charge in [0.05, 0.1) is 6.54 Å². The first kappa shape index (κ1) is 14.1. The predicted octanol–water partition coefficient (Wildman–Crippen LogP) is 1.08. The number of carbonyl (C=O) groups is 1. The molecule has 1 heterocycles. The van der Waals surface area contributed by atoms with Crippen molar-refractivity contribution in [2.24, 2.45) is 11.7 Å². The number of carbonyl (C=O) groups excluding carboxylic acids is 1. The average Bonchev–Trinajstić information content (AvgIpc) is 3.09. The first-order valence-electron chi connectivity index (χ1n) is 7.07. The highest BCUT2D eigenvalue weighted by Crippen LogP contribution is 2.41. The Bertz CT molecular complexity index is 450. The van der Waals surface area contributed by atoms with Gasteiger partial charge in [-0.1, -0.05) is 6.92 Å². The number of rotatable bonds is 7. The van der Waals surface area contributed by atoms with Gasteiger partial charge in [0, 0.05) is 24.9 Å². The summed E-state index contributed by atoms with van der Waals surface area (Å²) in [5.41, 5.74) is 5.09. The molecule has 0 bridgehead atoms. The summed E-state index contributed by atoms with van der Waals surface area (Å²) in [7, 11) is 0. The predicted molar refractivity (Wildman–Crippen MR) is 74.5 cm³/mol. The van der Waals surface area contributed by atoms with Crippen LogP contribution in [-0.4, -0.2) is 27.0 Å². The van der Waals surface area contributed by atoms with E-state index in [1.807, 2.05) is 6.20 Å². The number of hydrogen-bond acceptors (Lipinski definition) is 3. The number of primary amides is 1. The Morgan fingerprint density at radius 1 is 1.63 bits per heavy atom. The Morgan fingerprint density at radius 2 is 2.32 bits per heavy atom. The summed E-state index contributed by atoms with van der Waals surface area (Å²) in [5.74, 6) is 1.09. The molecule has 1 aliphatic rings. The zero-order chi connectivity index (χ0) is 14.0. The largest absolute Gasteiger partial charge is 0.368 e. The van der Waals surface area contributed by atoms with Crippen molar-refractivity contribution < 1.29 is 4.79 Å². The fourth-order valence-corrected chi connectivity index (χ4v) is 2.80. The molecule has 1 aromatic heterocycles. The topological polar surface area (TPSA) is 72.9 Å². The van der Waals surface area contributed by atoms with Gasteiger partial charge >= 0.3 is 0 Å². The molecule has 1 aromatic rings. The molecule has 0 saturated heterocycles. The molecule has 1 unspecified atom stereocenters. The van der Waals surface area contributed by atoms with Gasteiger partial charge in [-0.2, -0.15) is 0 Å². The van der Waals surface area contributed by atoms with Crippen LogP contribution in [0.2, 0.25) is 0 Å². The molecule has 106 valence electrons. The third kappa shape index (κ3) is 2.81. The molecule has 1 amide bonds. The van der Waals surface area contributed by atoms with Gasteiger partial charge in [0.15, 0.2) is 0 Å². The van der Waals surface area contributed by atoms with Crippen LogP contribution >= 0.6 is 0 Å². The van der Waals surface area contributed by atoms with Crippen LogP contribution in [0.15, 0.2) is 12.4 Å². The summed E-state index contributed by atoms with van der Waals surface area (Å²) in [6.45, 7) is 6.75. The van der Waals surface area contributed by atoms with Crippen molar-refractivity contribution in [3.8, 4) is 0 Å². The van der Waals surface area contributed by atoms with Crippen LogP contribution in [0.5, 0.6) is 0 Å². The lowest BCUT2D eigenvalue weighted by Gasteiger charge is -2.34. The van der Waals surface area contributed by atoms with E-state index < -0.39 is 5.54 Å². The molecule has 0 radical (unpaired) electrons. The van der Waals surface area contributed by atoms with Gasteiger partial charge in [-0.3, -0.25) is 10.1 Å². The lowest BCUT2D eigenvalue weighted by molar-refractivity contribution is -0.126. The second-order valence-electron chi connectivity index (χ2n) is 5.73. The molecule has 1 aliphatic carbocycles. The normalized spacial score (nSPS) is 18.5. The van der Waals surface area contributed by atoms with Gasteiger partial charge in [-0.25, -0.2) is 4.98 Å². The minimum absolute atomic E-state index is 0.224. The van der Waals surface area contributed by atoms with Crippen LogP contribution in [0, 0.1) is 5.92 Å². The zero-order valence-electron chi connectivity index (χ0n) is 12.0. The van der Waals surface area contributed by atoms with E-state index in [1.54, 1.807) is 6.20 Å². The number of hydrogen-bond donors (Lipinski definition) is 2. The lowest BCUT2D eigenvalue weighted by atomic mass is 9.90. The van der Waals surface area contributed by atoms with Crippen LogP contribution in [0.25, 0.3) is 0 Å². The Balaban J connectivity index is 2.29. The summed E-state index contributed by atoms with van der Waals surface area (Å²) < 4.78 is 2.05. The molecule has 5 heteroatoms. The summed E-state index contributed by atoms with van der Waals surface area (Å²) >= 11 is 0. The molecule has 0 spiro atoms. The maximum Gasteiger partial charge on any atom is 0.239 e. The number of nitrogens with two attached hydrogens (primary N) is 1. The van der Waals surface area contributed by atoms with E-state index in [0.29, 0.717) is 12.5 Å². The molecule has 0 aromatic carbocycles. The van der Waals surface area contributed by atoms with Gasteiger partial charge in [0.2, 0.25) is 5.91 Å². The second kappa shape index (κ2) is 5.33. The number of aryl methyl sites for hydroxylation is 1. The lowest BCUT2D eigenvalue weighted by Crippen LogP contribution is -2.61. The van der Waals surface area contributed by atoms with Crippen molar-refractivity contribution in [1.29, 1.82) is 0 Å². The van der Waals surface area contributed by atoms with Gasteiger partial charge in [-0.15, -0.1) is 0 Å². The van der Waals surface area contributed by atoms with Crippen LogP contribution in [-0.2, 0) is 17.8 Å². The van der Waals surface area contributed by atoms with E-state index in [2.05, 4.69) is 35.6 Å². The molecular formula is C14H24N4O.